The maximum atomic E-state index is 12.2. The molecule has 114 valence electrons. The van der Waals surface area contributed by atoms with E-state index in [4.69, 9.17) is 10.6 Å². The largest absolute Gasteiger partial charge is 0.444 e. The Morgan fingerprint density at radius 1 is 0.955 bits per heavy atom. The first-order valence-electron chi connectivity index (χ1n) is 6.62. The topological polar surface area (TPSA) is 81.9 Å². The van der Waals surface area contributed by atoms with Crippen LogP contribution in [0.5, 0.6) is 0 Å². The minimum absolute atomic E-state index is 0.0692. The fraction of sp³-hybridized carbons (Fsp3) is 0.125. The molecule has 0 unspecified atom stereocenters. The van der Waals surface area contributed by atoms with Crippen LogP contribution in [0.1, 0.15) is 5.56 Å². The lowest BCUT2D eigenvalue weighted by molar-refractivity contribution is -0.122. The predicted molar refractivity (Wildman–Crippen MR) is 80.7 cm³/mol. The summed E-state index contributed by atoms with van der Waals surface area (Å²) >= 11 is 0. The second kappa shape index (κ2) is 7.92. The average molecular weight is 300 g/mol. The smallest absolute Gasteiger partial charge is 0.421 e. The van der Waals surface area contributed by atoms with Gasteiger partial charge in [-0.1, -0.05) is 48.5 Å². The number of rotatable bonds is 5. The Hall–Kier alpha value is -2.70. The summed E-state index contributed by atoms with van der Waals surface area (Å²) in [6.07, 6.45) is -0.780. The van der Waals surface area contributed by atoms with Gasteiger partial charge in [-0.2, -0.15) is 0 Å². The van der Waals surface area contributed by atoms with Crippen LogP contribution in [0.25, 0.3) is 0 Å². The first-order chi connectivity index (χ1) is 10.7. The highest BCUT2D eigenvalue weighted by Gasteiger charge is 2.24. The first-order valence-corrected chi connectivity index (χ1v) is 6.62. The summed E-state index contributed by atoms with van der Waals surface area (Å²) < 4.78 is 5.18. The number of imide groups is 1. The quantitative estimate of drug-likeness (QED) is 0.856. The Kier molecular flexibility index (Phi) is 5.65. The number of carbonyl (C=O) groups excluding carboxylic acids is 2. The zero-order valence-electron chi connectivity index (χ0n) is 11.8. The molecule has 2 aromatic rings. The van der Waals surface area contributed by atoms with Crippen LogP contribution in [0.2, 0.25) is 0 Å². The van der Waals surface area contributed by atoms with E-state index in [-0.39, 0.29) is 6.61 Å². The van der Waals surface area contributed by atoms with E-state index in [9.17, 15) is 9.59 Å². The Morgan fingerprint density at radius 3 is 2.14 bits per heavy atom. The second-order valence-corrected chi connectivity index (χ2v) is 4.42. The molecule has 0 fully saturated rings. The summed E-state index contributed by atoms with van der Waals surface area (Å²) in [6.45, 7) is -0.352. The lowest BCUT2D eigenvalue weighted by Gasteiger charge is -2.20. The molecule has 2 N–H and O–H groups in total. The van der Waals surface area contributed by atoms with Crippen LogP contribution in [0.4, 0.5) is 10.5 Å². The standard InChI is InChI=1S/C16H16N2O4/c17-22-12-15(19)18(14-9-5-2-6-10-14)16(20)21-11-13-7-3-1-4-8-13/h1-10H,11-12,17H2. The Morgan fingerprint density at radius 2 is 1.55 bits per heavy atom. The zero-order chi connectivity index (χ0) is 15.8. The van der Waals surface area contributed by atoms with Gasteiger partial charge in [0, 0.05) is 0 Å². The number of benzene rings is 2. The number of ether oxygens (including phenoxy) is 1. The average Bonchev–Trinajstić information content (AvgIpc) is 2.55. The molecule has 22 heavy (non-hydrogen) atoms. The first kappa shape index (κ1) is 15.7. The van der Waals surface area contributed by atoms with Gasteiger partial charge in [0.1, 0.15) is 13.2 Å². The van der Waals surface area contributed by atoms with Crippen LogP contribution in [-0.4, -0.2) is 18.6 Å². The molecule has 0 saturated carbocycles. The number of carbonyl (C=O) groups is 2. The van der Waals surface area contributed by atoms with E-state index in [0.717, 1.165) is 10.5 Å². The molecule has 0 aliphatic rings. The Bertz CT molecular complexity index is 617. The van der Waals surface area contributed by atoms with Gasteiger partial charge >= 0.3 is 6.09 Å². The highest BCUT2D eigenvalue weighted by molar-refractivity contribution is 6.12. The molecule has 0 saturated heterocycles. The summed E-state index contributed by atoms with van der Waals surface area (Å²) in [6, 6.07) is 17.6. The van der Waals surface area contributed by atoms with E-state index < -0.39 is 18.6 Å². The number of amides is 2. The highest BCUT2D eigenvalue weighted by Crippen LogP contribution is 2.15. The van der Waals surface area contributed by atoms with Gasteiger partial charge in [0.2, 0.25) is 0 Å². The van der Waals surface area contributed by atoms with Crippen LogP contribution in [0.15, 0.2) is 60.7 Å². The molecule has 0 aliphatic carbocycles. The second-order valence-electron chi connectivity index (χ2n) is 4.42. The maximum Gasteiger partial charge on any atom is 0.421 e. The third kappa shape index (κ3) is 4.15. The molecular weight excluding hydrogens is 284 g/mol. The number of para-hydroxylation sites is 1. The van der Waals surface area contributed by atoms with Crippen molar-refractivity contribution in [2.24, 2.45) is 5.90 Å². The van der Waals surface area contributed by atoms with Gasteiger partial charge in [0.25, 0.3) is 5.91 Å². The number of anilines is 1. The van der Waals surface area contributed by atoms with Crippen LogP contribution >= 0.6 is 0 Å². The number of hydrogen-bond acceptors (Lipinski definition) is 5. The van der Waals surface area contributed by atoms with Gasteiger partial charge in [0.05, 0.1) is 5.69 Å². The zero-order valence-corrected chi connectivity index (χ0v) is 11.8. The van der Waals surface area contributed by atoms with Crippen LogP contribution in [-0.2, 0) is 21.0 Å². The molecule has 0 atom stereocenters. The van der Waals surface area contributed by atoms with Gasteiger partial charge in [-0.05, 0) is 17.7 Å². The van der Waals surface area contributed by atoms with E-state index in [1.54, 1.807) is 30.3 Å². The van der Waals surface area contributed by atoms with Crippen molar-refractivity contribution in [1.29, 1.82) is 0 Å². The van der Waals surface area contributed by atoms with Crippen molar-refractivity contribution in [3.63, 3.8) is 0 Å². The number of nitrogens with two attached hydrogens (primary N) is 1. The van der Waals surface area contributed by atoms with Crippen molar-refractivity contribution in [3.05, 3.63) is 66.2 Å². The fourth-order valence-corrected chi connectivity index (χ4v) is 1.85. The van der Waals surface area contributed by atoms with Gasteiger partial charge in [-0.3, -0.25) is 9.63 Å². The van der Waals surface area contributed by atoms with Gasteiger partial charge in [-0.25, -0.2) is 15.6 Å². The molecule has 2 aromatic carbocycles. The molecule has 0 radical (unpaired) electrons. The molecule has 6 nitrogen and oxygen atoms in total. The van der Waals surface area contributed by atoms with E-state index >= 15 is 0 Å². The maximum absolute atomic E-state index is 12.2. The molecule has 0 bridgehead atoms. The molecule has 2 rings (SSSR count). The number of nitrogens with zero attached hydrogens (tertiary/aromatic N) is 1. The summed E-state index contributed by atoms with van der Waals surface area (Å²) in [4.78, 5) is 29.5. The molecule has 2 amide bonds. The summed E-state index contributed by atoms with van der Waals surface area (Å²) in [7, 11) is 0. The summed E-state index contributed by atoms with van der Waals surface area (Å²) in [5, 5.41) is 0. The molecule has 0 aliphatic heterocycles. The van der Waals surface area contributed by atoms with E-state index in [0.29, 0.717) is 5.69 Å². The highest BCUT2D eigenvalue weighted by atomic mass is 16.6. The van der Waals surface area contributed by atoms with Crippen LogP contribution < -0.4 is 10.8 Å². The SMILES string of the molecule is NOCC(=O)N(C(=O)OCc1ccccc1)c1ccccc1. The Labute approximate surface area is 128 Å². The lowest BCUT2D eigenvalue weighted by Crippen LogP contribution is -2.40. The third-order valence-electron chi connectivity index (χ3n) is 2.86. The van der Waals surface area contributed by atoms with Crippen molar-refractivity contribution >= 4 is 17.7 Å². The predicted octanol–water partition coefficient (Wildman–Crippen LogP) is 2.25. The fourth-order valence-electron chi connectivity index (χ4n) is 1.85. The third-order valence-corrected chi connectivity index (χ3v) is 2.86. The van der Waals surface area contributed by atoms with Crippen LogP contribution in [0, 0.1) is 0 Å². The van der Waals surface area contributed by atoms with Crippen molar-refractivity contribution in [3.8, 4) is 0 Å². The van der Waals surface area contributed by atoms with E-state index in [2.05, 4.69) is 4.84 Å². The van der Waals surface area contributed by atoms with E-state index in [1.165, 1.54) is 0 Å². The van der Waals surface area contributed by atoms with Gasteiger partial charge in [-0.15, -0.1) is 0 Å². The van der Waals surface area contributed by atoms with E-state index in [1.807, 2.05) is 30.3 Å². The molecule has 0 spiro atoms. The molecule has 0 heterocycles. The van der Waals surface area contributed by atoms with Gasteiger partial charge in [0.15, 0.2) is 0 Å². The summed E-state index contributed by atoms with van der Waals surface area (Å²) in [5.41, 5.74) is 1.22. The van der Waals surface area contributed by atoms with Gasteiger partial charge < -0.3 is 4.74 Å². The minimum atomic E-state index is -0.780. The monoisotopic (exact) mass is 300 g/mol. The normalized spacial score (nSPS) is 10.0. The van der Waals surface area contributed by atoms with Crippen molar-refractivity contribution in [2.45, 2.75) is 6.61 Å². The van der Waals surface area contributed by atoms with Crippen molar-refractivity contribution in [2.75, 3.05) is 11.5 Å². The summed E-state index contributed by atoms with van der Waals surface area (Å²) in [5.74, 6) is 4.31. The molecular formula is C16H16N2O4. The molecule has 0 aromatic heterocycles. The Balaban J connectivity index is 2.11. The molecule has 6 heteroatoms. The van der Waals surface area contributed by atoms with Crippen LogP contribution in [0.3, 0.4) is 0 Å². The lowest BCUT2D eigenvalue weighted by atomic mass is 10.2. The van der Waals surface area contributed by atoms with Crippen molar-refractivity contribution < 1.29 is 19.2 Å². The number of hydrogen-bond donors (Lipinski definition) is 1. The van der Waals surface area contributed by atoms with Crippen molar-refractivity contribution in [1.82, 2.24) is 0 Å². The minimum Gasteiger partial charge on any atom is -0.444 e.